The predicted octanol–water partition coefficient (Wildman–Crippen LogP) is 0.949. The summed E-state index contributed by atoms with van der Waals surface area (Å²) < 4.78 is 0. The van der Waals surface area contributed by atoms with Gasteiger partial charge in [-0.05, 0) is 26.2 Å². The molecule has 0 aliphatic heterocycles. The maximum Gasteiger partial charge on any atom is 0.240 e. The van der Waals surface area contributed by atoms with Gasteiger partial charge in [0.2, 0.25) is 5.91 Å². The molecule has 4 nitrogen and oxygen atoms in total. The van der Waals surface area contributed by atoms with Crippen LogP contribution in [0.2, 0.25) is 0 Å². The molecule has 1 aromatic heterocycles. The van der Waals surface area contributed by atoms with Crippen molar-refractivity contribution in [2.45, 2.75) is 38.3 Å². The fourth-order valence-corrected chi connectivity index (χ4v) is 2.33. The van der Waals surface area contributed by atoms with E-state index in [9.17, 15) is 4.79 Å². The highest BCUT2D eigenvalue weighted by atomic mass is 32.1. The second-order valence-electron chi connectivity index (χ2n) is 4.06. The molecule has 0 spiro atoms. The van der Waals surface area contributed by atoms with Crippen molar-refractivity contribution < 1.29 is 4.79 Å². The van der Waals surface area contributed by atoms with Crippen molar-refractivity contribution in [3.05, 3.63) is 16.1 Å². The number of nitrogens with one attached hydrogen (secondary N) is 1. The van der Waals surface area contributed by atoms with E-state index in [1.165, 1.54) is 0 Å². The molecule has 15 heavy (non-hydrogen) atoms. The third-order valence-electron chi connectivity index (χ3n) is 2.77. The fraction of sp³-hybridized carbons (Fsp3) is 0.600. The van der Waals surface area contributed by atoms with Gasteiger partial charge in [-0.1, -0.05) is 0 Å². The van der Waals surface area contributed by atoms with Crippen LogP contribution in [-0.2, 0) is 11.3 Å². The number of aromatic nitrogens is 1. The maximum atomic E-state index is 11.7. The topological polar surface area (TPSA) is 68.0 Å². The minimum Gasteiger partial charge on any atom is -0.348 e. The van der Waals surface area contributed by atoms with Crippen molar-refractivity contribution >= 4 is 17.2 Å². The van der Waals surface area contributed by atoms with Crippen LogP contribution in [0.5, 0.6) is 0 Å². The zero-order valence-electron chi connectivity index (χ0n) is 8.75. The molecule has 1 saturated carbocycles. The number of hydrogen-bond donors (Lipinski definition) is 2. The highest BCUT2D eigenvalue weighted by Crippen LogP contribution is 2.29. The van der Waals surface area contributed by atoms with Crippen LogP contribution in [0.3, 0.4) is 0 Å². The number of aryl methyl sites for hydroxylation is 1. The molecule has 0 radical (unpaired) electrons. The van der Waals surface area contributed by atoms with Gasteiger partial charge in [0.1, 0.15) is 5.01 Å². The van der Waals surface area contributed by atoms with Gasteiger partial charge >= 0.3 is 0 Å². The largest absolute Gasteiger partial charge is 0.348 e. The zero-order valence-corrected chi connectivity index (χ0v) is 9.56. The van der Waals surface area contributed by atoms with Crippen molar-refractivity contribution in [3.8, 4) is 0 Å². The Morgan fingerprint density at radius 1 is 1.73 bits per heavy atom. The standard InChI is InChI=1S/C10H15N3OS/c1-7-5-12-8(15-7)6-13-9(14)10(11)3-2-4-10/h5H,2-4,6,11H2,1H3,(H,13,14). The van der Waals surface area contributed by atoms with Crippen molar-refractivity contribution in [1.29, 1.82) is 0 Å². The molecule has 3 N–H and O–H groups in total. The van der Waals surface area contributed by atoms with E-state index in [4.69, 9.17) is 5.73 Å². The Labute approximate surface area is 92.9 Å². The van der Waals surface area contributed by atoms with Gasteiger partial charge in [0, 0.05) is 11.1 Å². The predicted molar refractivity (Wildman–Crippen MR) is 59.5 cm³/mol. The third-order valence-corrected chi connectivity index (χ3v) is 3.68. The molecule has 0 aromatic carbocycles. The molecule has 1 aliphatic rings. The van der Waals surface area contributed by atoms with Crippen LogP contribution in [0.15, 0.2) is 6.20 Å². The average Bonchev–Trinajstić information content (AvgIpc) is 2.57. The van der Waals surface area contributed by atoms with E-state index < -0.39 is 5.54 Å². The van der Waals surface area contributed by atoms with E-state index in [1.807, 2.05) is 13.1 Å². The summed E-state index contributed by atoms with van der Waals surface area (Å²) in [6, 6.07) is 0. The van der Waals surface area contributed by atoms with E-state index in [0.29, 0.717) is 6.54 Å². The third kappa shape index (κ3) is 2.18. The Bertz CT molecular complexity index is 370. The second kappa shape index (κ2) is 3.90. The number of rotatable bonds is 3. The first-order valence-electron chi connectivity index (χ1n) is 5.09. The summed E-state index contributed by atoms with van der Waals surface area (Å²) in [4.78, 5) is 17.0. The molecule has 1 heterocycles. The molecule has 0 saturated heterocycles. The van der Waals surface area contributed by atoms with Crippen LogP contribution in [0.4, 0.5) is 0 Å². The van der Waals surface area contributed by atoms with Crippen LogP contribution < -0.4 is 11.1 Å². The highest BCUT2D eigenvalue weighted by Gasteiger charge is 2.39. The van der Waals surface area contributed by atoms with Gasteiger partial charge in [0.15, 0.2) is 0 Å². The van der Waals surface area contributed by atoms with Crippen molar-refractivity contribution in [1.82, 2.24) is 10.3 Å². The molecule has 5 heteroatoms. The van der Waals surface area contributed by atoms with Gasteiger partial charge in [-0.2, -0.15) is 0 Å². The lowest BCUT2D eigenvalue weighted by atomic mass is 9.77. The maximum absolute atomic E-state index is 11.7. The molecule has 2 rings (SSSR count). The molecule has 0 unspecified atom stereocenters. The lowest BCUT2D eigenvalue weighted by molar-refractivity contribution is -0.129. The van der Waals surface area contributed by atoms with E-state index in [-0.39, 0.29) is 5.91 Å². The molecule has 82 valence electrons. The van der Waals surface area contributed by atoms with Gasteiger partial charge in [0.05, 0.1) is 12.1 Å². The second-order valence-corrected chi connectivity index (χ2v) is 5.38. The Balaban J connectivity index is 1.85. The number of carbonyl (C=O) groups excluding carboxylic acids is 1. The first-order valence-corrected chi connectivity index (χ1v) is 5.90. The van der Waals surface area contributed by atoms with Crippen molar-refractivity contribution in [2.75, 3.05) is 0 Å². The van der Waals surface area contributed by atoms with E-state index >= 15 is 0 Å². The molecule has 1 fully saturated rings. The number of amides is 1. The van der Waals surface area contributed by atoms with Crippen LogP contribution in [0, 0.1) is 6.92 Å². The summed E-state index contributed by atoms with van der Waals surface area (Å²) in [7, 11) is 0. The Kier molecular flexibility index (Phi) is 2.75. The number of thiazole rings is 1. The Morgan fingerprint density at radius 3 is 2.93 bits per heavy atom. The highest BCUT2D eigenvalue weighted by molar-refractivity contribution is 7.11. The molecular weight excluding hydrogens is 210 g/mol. The molecular formula is C10H15N3OS. The summed E-state index contributed by atoms with van der Waals surface area (Å²) >= 11 is 1.60. The molecule has 1 aliphatic carbocycles. The normalized spacial score (nSPS) is 18.3. The summed E-state index contributed by atoms with van der Waals surface area (Å²) in [6.45, 7) is 2.50. The molecule has 1 amide bonds. The van der Waals surface area contributed by atoms with Gasteiger partial charge < -0.3 is 11.1 Å². The van der Waals surface area contributed by atoms with E-state index in [2.05, 4.69) is 10.3 Å². The SMILES string of the molecule is Cc1cnc(CNC(=O)C2(N)CCC2)s1. The molecule has 0 atom stereocenters. The number of hydrogen-bond acceptors (Lipinski definition) is 4. The number of nitrogens with two attached hydrogens (primary N) is 1. The van der Waals surface area contributed by atoms with Gasteiger partial charge in [-0.15, -0.1) is 11.3 Å². The van der Waals surface area contributed by atoms with Crippen LogP contribution in [0.25, 0.3) is 0 Å². The Morgan fingerprint density at radius 2 is 2.47 bits per heavy atom. The first kappa shape index (κ1) is 10.6. The quantitative estimate of drug-likeness (QED) is 0.804. The Hall–Kier alpha value is -0.940. The smallest absolute Gasteiger partial charge is 0.240 e. The lowest BCUT2D eigenvalue weighted by Gasteiger charge is -2.36. The first-order chi connectivity index (χ1) is 7.10. The molecule has 0 bridgehead atoms. The summed E-state index contributed by atoms with van der Waals surface area (Å²) in [5, 5.41) is 3.77. The zero-order chi connectivity index (χ0) is 10.9. The number of carbonyl (C=O) groups is 1. The van der Waals surface area contributed by atoms with E-state index in [0.717, 1.165) is 29.1 Å². The monoisotopic (exact) mass is 225 g/mol. The lowest BCUT2D eigenvalue weighted by Crippen LogP contribution is -2.58. The van der Waals surface area contributed by atoms with Crippen molar-refractivity contribution in [3.63, 3.8) is 0 Å². The van der Waals surface area contributed by atoms with Crippen LogP contribution in [-0.4, -0.2) is 16.4 Å². The number of nitrogens with zero attached hydrogens (tertiary/aromatic N) is 1. The van der Waals surface area contributed by atoms with Gasteiger partial charge in [-0.3, -0.25) is 4.79 Å². The average molecular weight is 225 g/mol. The van der Waals surface area contributed by atoms with Gasteiger partial charge in [-0.25, -0.2) is 4.98 Å². The fourth-order valence-electron chi connectivity index (χ4n) is 1.60. The van der Waals surface area contributed by atoms with Crippen LogP contribution >= 0.6 is 11.3 Å². The summed E-state index contributed by atoms with van der Waals surface area (Å²) in [5.74, 6) is -0.0402. The summed E-state index contributed by atoms with van der Waals surface area (Å²) in [6.07, 6.45) is 4.47. The van der Waals surface area contributed by atoms with E-state index in [1.54, 1.807) is 11.3 Å². The summed E-state index contributed by atoms with van der Waals surface area (Å²) in [5.41, 5.74) is 5.28. The van der Waals surface area contributed by atoms with Gasteiger partial charge in [0.25, 0.3) is 0 Å². The molecule has 1 aromatic rings. The minimum absolute atomic E-state index is 0.0402. The van der Waals surface area contributed by atoms with Crippen molar-refractivity contribution in [2.24, 2.45) is 5.73 Å². The van der Waals surface area contributed by atoms with Crippen LogP contribution in [0.1, 0.15) is 29.1 Å². The minimum atomic E-state index is -0.605.